The van der Waals surface area contributed by atoms with Crippen LogP contribution in [-0.2, 0) is 16.0 Å². The number of ether oxygens (including phenoxy) is 2. The summed E-state index contributed by atoms with van der Waals surface area (Å²) in [7, 11) is 1.64. The van der Waals surface area contributed by atoms with Gasteiger partial charge in [0.2, 0.25) is 5.91 Å². The second-order valence-electron chi connectivity index (χ2n) is 7.63. The molecular formula is C24H28N4O3S. The summed E-state index contributed by atoms with van der Waals surface area (Å²) in [5.41, 5.74) is 2.82. The number of rotatable bonds is 9. The van der Waals surface area contributed by atoms with Crippen molar-refractivity contribution in [2.75, 3.05) is 51.4 Å². The number of carbonyl (C=O) groups is 1. The fraction of sp³-hybridized carbons (Fsp3) is 0.375. The molecule has 0 atom stereocenters. The first-order chi connectivity index (χ1) is 15.7. The molecule has 1 aliphatic heterocycles. The molecule has 0 bridgehead atoms. The zero-order valence-corrected chi connectivity index (χ0v) is 19.1. The molecule has 1 saturated heterocycles. The fourth-order valence-electron chi connectivity index (χ4n) is 3.66. The molecule has 0 saturated carbocycles. The van der Waals surface area contributed by atoms with Gasteiger partial charge >= 0.3 is 0 Å². The van der Waals surface area contributed by atoms with Gasteiger partial charge in [-0.1, -0.05) is 12.1 Å². The molecule has 3 aromatic rings. The van der Waals surface area contributed by atoms with Crippen molar-refractivity contribution < 1.29 is 14.3 Å². The molecule has 8 heteroatoms. The molecule has 2 aromatic heterocycles. The standard InChI is InChI=1S/C24H28N4O3S/c1-30-21-5-3-19(4-6-21)17-23(29)28(12-2-11-27-13-15-31-16-14-27)24-26-22(18-32-24)20-7-9-25-10-8-20/h3-10,18H,2,11-17H2,1H3. The highest BCUT2D eigenvalue weighted by atomic mass is 32.1. The molecule has 0 radical (unpaired) electrons. The monoisotopic (exact) mass is 452 g/mol. The van der Waals surface area contributed by atoms with E-state index in [1.807, 2.05) is 46.7 Å². The Morgan fingerprint density at radius 3 is 2.62 bits per heavy atom. The lowest BCUT2D eigenvalue weighted by Gasteiger charge is -2.27. The van der Waals surface area contributed by atoms with Crippen molar-refractivity contribution in [3.63, 3.8) is 0 Å². The Bertz CT molecular complexity index is 988. The lowest BCUT2D eigenvalue weighted by atomic mass is 10.1. The Labute approximate surface area is 192 Å². The third kappa shape index (κ3) is 5.91. The molecule has 3 heterocycles. The number of pyridine rings is 1. The minimum atomic E-state index is 0.0489. The number of benzene rings is 1. The van der Waals surface area contributed by atoms with E-state index in [0.29, 0.717) is 13.0 Å². The second kappa shape index (κ2) is 11.2. The van der Waals surface area contributed by atoms with Gasteiger partial charge in [-0.25, -0.2) is 4.98 Å². The molecule has 4 rings (SSSR count). The third-order valence-corrected chi connectivity index (χ3v) is 6.34. The number of hydrogen-bond acceptors (Lipinski definition) is 7. The van der Waals surface area contributed by atoms with Crippen LogP contribution in [0, 0.1) is 0 Å². The van der Waals surface area contributed by atoms with E-state index in [1.54, 1.807) is 19.5 Å². The molecule has 0 N–H and O–H groups in total. The Hall–Kier alpha value is -2.81. The van der Waals surface area contributed by atoms with E-state index in [-0.39, 0.29) is 5.91 Å². The minimum Gasteiger partial charge on any atom is -0.497 e. The van der Waals surface area contributed by atoms with Gasteiger partial charge in [0.15, 0.2) is 5.13 Å². The number of morpholine rings is 1. The number of hydrogen-bond donors (Lipinski definition) is 0. The number of nitrogens with zero attached hydrogens (tertiary/aromatic N) is 4. The third-order valence-electron chi connectivity index (χ3n) is 5.47. The van der Waals surface area contributed by atoms with E-state index in [2.05, 4.69) is 9.88 Å². The van der Waals surface area contributed by atoms with Gasteiger partial charge < -0.3 is 9.47 Å². The number of thiazole rings is 1. The molecule has 1 aliphatic rings. The molecular weight excluding hydrogens is 424 g/mol. The van der Waals surface area contributed by atoms with E-state index >= 15 is 0 Å². The number of carbonyl (C=O) groups excluding carboxylic acids is 1. The van der Waals surface area contributed by atoms with Gasteiger partial charge in [0.25, 0.3) is 0 Å². The van der Waals surface area contributed by atoms with Crippen molar-refractivity contribution in [1.29, 1.82) is 0 Å². The van der Waals surface area contributed by atoms with Gasteiger partial charge in [0.05, 0.1) is 32.4 Å². The van der Waals surface area contributed by atoms with Crippen molar-refractivity contribution in [3.8, 4) is 17.0 Å². The summed E-state index contributed by atoms with van der Waals surface area (Å²) in [4.78, 5) is 26.4. The van der Waals surface area contributed by atoms with Gasteiger partial charge in [-0.15, -0.1) is 11.3 Å². The Morgan fingerprint density at radius 1 is 1.16 bits per heavy atom. The maximum Gasteiger partial charge on any atom is 0.233 e. The van der Waals surface area contributed by atoms with Gasteiger partial charge in [-0.05, 0) is 36.2 Å². The highest BCUT2D eigenvalue weighted by molar-refractivity contribution is 7.14. The van der Waals surface area contributed by atoms with Gasteiger partial charge in [-0.3, -0.25) is 19.6 Å². The lowest BCUT2D eigenvalue weighted by Crippen LogP contribution is -2.39. The first-order valence-electron chi connectivity index (χ1n) is 10.8. The molecule has 0 spiro atoms. The Balaban J connectivity index is 1.47. The van der Waals surface area contributed by atoms with Crippen molar-refractivity contribution in [3.05, 3.63) is 59.7 Å². The van der Waals surface area contributed by atoms with Crippen LogP contribution in [0.2, 0.25) is 0 Å². The zero-order chi connectivity index (χ0) is 22.2. The van der Waals surface area contributed by atoms with Crippen LogP contribution in [0.25, 0.3) is 11.3 Å². The summed E-state index contributed by atoms with van der Waals surface area (Å²) < 4.78 is 10.7. The zero-order valence-electron chi connectivity index (χ0n) is 18.3. The van der Waals surface area contributed by atoms with Crippen LogP contribution < -0.4 is 9.64 Å². The van der Waals surface area contributed by atoms with E-state index in [9.17, 15) is 4.79 Å². The first-order valence-corrected chi connectivity index (χ1v) is 11.7. The van der Waals surface area contributed by atoms with Gasteiger partial charge in [-0.2, -0.15) is 0 Å². The minimum absolute atomic E-state index is 0.0489. The lowest BCUT2D eigenvalue weighted by molar-refractivity contribution is -0.118. The van der Waals surface area contributed by atoms with Crippen LogP contribution in [0.4, 0.5) is 5.13 Å². The summed E-state index contributed by atoms with van der Waals surface area (Å²) in [5, 5.41) is 2.73. The van der Waals surface area contributed by atoms with E-state index in [1.165, 1.54) is 11.3 Å². The molecule has 0 unspecified atom stereocenters. The first kappa shape index (κ1) is 22.4. The topological polar surface area (TPSA) is 67.8 Å². The maximum atomic E-state index is 13.3. The number of methoxy groups -OCH3 is 1. The number of aromatic nitrogens is 2. The molecule has 1 aromatic carbocycles. The fourth-order valence-corrected chi connectivity index (χ4v) is 4.54. The van der Waals surface area contributed by atoms with Crippen LogP contribution in [0.1, 0.15) is 12.0 Å². The summed E-state index contributed by atoms with van der Waals surface area (Å²) in [5.74, 6) is 0.832. The van der Waals surface area contributed by atoms with E-state index in [4.69, 9.17) is 14.5 Å². The quantitative estimate of drug-likeness (QED) is 0.495. The highest BCUT2D eigenvalue weighted by Gasteiger charge is 2.21. The molecule has 0 aliphatic carbocycles. The van der Waals surface area contributed by atoms with Gasteiger partial charge in [0.1, 0.15) is 5.75 Å². The van der Waals surface area contributed by atoms with Crippen molar-refractivity contribution in [2.45, 2.75) is 12.8 Å². The molecule has 1 fully saturated rings. The highest BCUT2D eigenvalue weighted by Crippen LogP contribution is 2.28. The van der Waals surface area contributed by atoms with Crippen LogP contribution in [0.3, 0.4) is 0 Å². The van der Waals surface area contributed by atoms with Crippen LogP contribution >= 0.6 is 11.3 Å². The predicted octanol–water partition coefficient (Wildman–Crippen LogP) is 3.51. The predicted molar refractivity (Wildman–Crippen MR) is 126 cm³/mol. The second-order valence-corrected chi connectivity index (χ2v) is 8.47. The summed E-state index contributed by atoms with van der Waals surface area (Å²) >= 11 is 1.50. The Morgan fingerprint density at radius 2 is 1.91 bits per heavy atom. The maximum absolute atomic E-state index is 13.3. The molecule has 32 heavy (non-hydrogen) atoms. The van der Waals surface area contributed by atoms with E-state index < -0.39 is 0 Å². The summed E-state index contributed by atoms with van der Waals surface area (Å²) in [6.45, 7) is 5.03. The normalized spacial score (nSPS) is 14.3. The Kier molecular flexibility index (Phi) is 7.82. The van der Waals surface area contributed by atoms with Gasteiger partial charge in [0, 0.05) is 49.5 Å². The average molecular weight is 453 g/mol. The van der Waals surface area contributed by atoms with Crippen molar-refractivity contribution >= 4 is 22.4 Å². The smallest absolute Gasteiger partial charge is 0.233 e. The van der Waals surface area contributed by atoms with E-state index in [0.717, 1.165) is 67.0 Å². The average Bonchev–Trinajstić information content (AvgIpc) is 3.33. The molecule has 1 amide bonds. The molecule has 7 nitrogen and oxygen atoms in total. The van der Waals surface area contributed by atoms with Crippen LogP contribution in [0.15, 0.2) is 54.2 Å². The molecule has 168 valence electrons. The number of amides is 1. The summed E-state index contributed by atoms with van der Waals surface area (Å²) in [6, 6.07) is 11.5. The summed E-state index contributed by atoms with van der Waals surface area (Å²) in [6.07, 6.45) is 4.72. The number of anilines is 1. The largest absolute Gasteiger partial charge is 0.497 e. The van der Waals surface area contributed by atoms with Crippen molar-refractivity contribution in [2.24, 2.45) is 0 Å². The van der Waals surface area contributed by atoms with Crippen LogP contribution in [0.5, 0.6) is 5.75 Å². The SMILES string of the molecule is COc1ccc(CC(=O)N(CCCN2CCOCC2)c2nc(-c3ccncc3)cs2)cc1. The van der Waals surface area contributed by atoms with Crippen LogP contribution in [-0.4, -0.2) is 67.3 Å². The van der Waals surface area contributed by atoms with Crippen molar-refractivity contribution in [1.82, 2.24) is 14.9 Å².